The third-order valence-electron chi connectivity index (χ3n) is 5.53. The van der Waals surface area contributed by atoms with Gasteiger partial charge in [0.1, 0.15) is 17.3 Å². The standard InChI is InChI=1S/C24H16FN3O6S/c1-11-9-15(12(2)34-11)21(29)19-20(14-5-3-4-6-16(14)25)27(23(31)22(19)30)24-26-17-8-7-13(28(32)33)10-18(17)35-24/h3-10,30-31H,1-2H3. The molecule has 176 valence electrons. The Hall–Kier alpha value is -4.51. The quantitative estimate of drug-likeness (QED) is 0.184. The monoisotopic (exact) mass is 493 g/mol. The van der Waals surface area contributed by atoms with Crippen molar-refractivity contribution in [1.29, 1.82) is 0 Å². The van der Waals surface area contributed by atoms with Gasteiger partial charge in [-0.25, -0.2) is 9.37 Å². The van der Waals surface area contributed by atoms with E-state index in [0.29, 0.717) is 21.7 Å². The van der Waals surface area contributed by atoms with Crippen molar-refractivity contribution >= 4 is 33.0 Å². The molecule has 0 aliphatic carbocycles. The molecular formula is C24H16FN3O6S. The fourth-order valence-electron chi connectivity index (χ4n) is 3.96. The minimum atomic E-state index is -0.753. The molecule has 0 aliphatic rings. The van der Waals surface area contributed by atoms with Gasteiger partial charge in [-0.1, -0.05) is 23.5 Å². The molecule has 35 heavy (non-hydrogen) atoms. The van der Waals surface area contributed by atoms with E-state index in [-0.39, 0.29) is 33.2 Å². The first-order valence-corrected chi connectivity index (χ1v) is 11.1. The molecule has 0 radical (unpaired) electrons. The number of aromatic nitrogens is 2. The van der Waals surface area contributed by atoms with Crippen LogP contribution >= 0.6 is 11.3 Å². The molecule has 5 aromatic rings. The summed E-state index contributed by atoms with van der Waals surface area (Å²) in [6.07, 6.45) is 0. The van der Waals surface area contributed by atoms with Gasteiger partial charge in [-0.3, -0.25) is 19.5 Å². The van der Waals surface area contributed by atoms with Crippen LogP contribution < -0.4 is 0 Å². The van der Waals surface area contributed by atoms with Gasteiger partial charge in [0, 0.05) is 17.7 Å². The van der Waals surface area contributed by atoms with Crippen molar-refractivity contribution in [3.63, 3.8) is 0 Å². The highest BCUT2D eigenvalue weighted by molar-refractivity contribution is 7.20. The van der Waals surface area contributed by atoms with Crippen LogP contribution in [0.1, 0.15) is 27.4 Å². The van der Waals surface area contributed by atoms with E-state index in [1.165, 1.54) is 42.5 Å². The number of benzene rings is 2. The number of nitro groups is 1. The van der Waals surface area contributed by atoms with Crippen molar-refractivity contribution in [2.45, 2.75) is 13.8 Å². The second-order valence-electron chi connectivity index (χ2n) is 7.77. The first-order chi connectivity index (χ1) is 16.7. The largest absolute Gasteiger partial charge is 0.503 e. The number of aryl methyl sites for hydroxylation is 2. The van der Waals surface area contributed by atoms with E-state index in [2.05, 4.69) is 4.98 Å². The first-order valence-electron chi connectivity index (χ1n) is 10.3. The number of hydrogen-bond donors (Lipinski definition) is 2. The van der Waals surface area contributed by atoms with Gasteiger partial charge in [0.05, 0.1) is 32.0 Å². The first kappa shape index (κ1) is 22.3. The van der Waals surface area contributed by atoms with Crippen LogP contribution in [0.3, 0.4) is 0 Å². The third-order valence-corrected chi connectivity index (χ3v) is 6.53. The molecule has 0 spiro atoms. The van der Waals surface area contributed by atoms with Crippen molar-refractivity contribution in [3.05, 3.63) is 87.1 Å². The topological polar surface area (TPSA) is 132 Å². The van der Waals surface area contributed by atoms with E-state index >= 15 is 0 Å². The number of halogens is 1. The van der Waals surface area contributed by atoms with Crippen LogP contribution in [0.5, 0.6) is 11.6 Å². The van der Waals surface area contributed by atoms with Gasteiger partial charge in [0.2, 0.25) is 11.7 Å². The number of carbonyl (C=O) groups is 1. The van der Waals surface area contributed by atoms with Gasteiger partial charge in [0.15, 0.2) is 10.9 Å². The van der Waals surface area contributed by atoms with E-state index in [1.807, 2.05) is 0 Å². The van der Waals surface area contributed by atoms with Crippen molar-refractivity contribution in [1.82, 2.24) is 9.55 Å². The Balaban J connectivity index is 1.82. The SMILES string of the molecule is Cc1cc(C(=O)c2c(O)c(O)n(-c3nc4ccc([N+](=O)[O-])cc4s3)c2-c2ccccc2F)c(C)o1. The molecule has 9 nitrogen and oxygen atoms in total. The van der Waals surface area contributed by atoms with Gasteiger partial charge < -0.3 is 14.6 Å². The number of ketones is 1. The number of aromatic hydroxyl groups is 2. The number of rotatable bonds is 5. The molecule has 3 aromatic heterocycles. The molecule has 5 rings (SSSR count). The van der Waals surface area contributed by atoms with Gasteiger partial charge in [-0.05, 0) is 38.1 Å². The van der Waals surface area contributed by atoms with Crippen LogP contribution in [0.4, 0.5) is 10.1 Å². The van der Waals surface area contributed by atoms with Gasteiger partial charge >= 0.3 is 0 Å². The molecule has 0 bridgehead atoms. The number of carbonyl (C=O) groups excluding carboxylic acids is 1. The van der Waals surface area contributed by atoms with Crippen LogP contribution in [-0.2, 0) is 0 Å². The molecule has 0 saturated carbocycles. The predicted octanol–water partition coefficient (Wildman–Crippen LogP) is 5.65. The van der Waals surface area contributed by atoms with Crippen molar-refractivity contribution in [2.75, 3.05) is 0 Å². The van der Waals surface area contributed by atoms with E-state index in [0.717, 1.165) is 15.9 Å². The Bertz CT molecular complexity index is 1670. The molecule has 0 fully saturated rings. The number of hydrogen-bond acceptors (Lipinski definition) is 8. The maximum Gasteiger partial charge on any atom is 0.270 e. The molecule has 0 saturated heterocycles. The number of nitro benzene ring substituents is 1. The second kappa shape index (κ2) is 8.06. The highest BCUT2D eigenvalue weighted by atomic mass is 32.1. The Kier molecular flexibility index (Phi) is 5.13. The van der Waals surface area contributed by atoms with Crippen LogP contribution in [0.15, 0.2) is 52.9 Å². The molecule has 2 N–H and O–H groups in total. The van der Waals surface area contributed by atoms with Gasteiger partial charge in [-0.2, -0.15) is 0 Å². The highest BCUT2D eigenvalue weighted by Crippen LogP contribution is 2.46. The maximum absolute atomic E-state index is 15.0. The summed E-state index contributed by atoms with van der Waals surface area (Å²) in [5.41, 5.74) is -0.126. The van der Waals surface area contributed by atoms with E-state index in [9.17, 15) is 29.5 Å². The zero-order valence-corrected chi connectivity index (χ0v) is 19.1. The zero-order valence-electron chi connectivity index (χ0n) is 18.3. The van der Waals surface area contributed by atoms with Crippen LogP contribution in [0.25, 0.3) is 26.6 Å². The number of nitrogens with zero attached hydrogens (tertiary/aromatic N) is 3. The summed E-state index contributed by atoms with van der Waals surface area (Å²) in [5, 5.41) is 33.0. The van der Waals surface area contributed by atoms with Crippen LogP contribution in [0.2, 0.25) is 0 Å². The van der Waals surface area contributed by atoms with Crippen molar-refractivity contribution in [2.24, 2.45) is 0 Å². The lowest BCUT2D eigenvalue weighted by Crippen LogP contribution is -2.06. The number of non-ortho nitro benzene ring substituents is 1. The second-order valence-corrected chi connectivity index (χ2v) is 8.78. The number of fused-ring (bicyclic) bond motifs is 1. The van der Waals surface area contributed by atoms with Crippen LogP contribution in [0, 0.1) is 29.8 Å². The van der Waals surface area contributed by atoms with E-state index in [1.54, 1.807) is 19.9 Å². The van der Waals surface area contributed by atoms with Crippen molar-refractivity contribution < 1.29 is 28.7 Å². The molecule has 2 aromatic carbocycles. The molecule has 0 unspecified atom stereocenters. The van der Waals surface area contributed by atoms with E-state index in [4.69, 9.17) is 4.42 Å². The maximum atomic E-state index is 15.0. The fourth-order valence-corrected chi connectivity index (χ4v) is 4.97. The van der Waals surface area contributed by atoms with Crippen LogP contribution in [-0.4, -0.2) is 30.5 Å². The lowest BCUT2D eigenvalue weighted by atomic mass is 9.99. The third kappa shape index (κ3) is 3.53. The number of furan rings is 1. The lowest BCUT2D eigenvalue weighted by molar-refractivity contribution is -0.384. The molecule has 11 heteroatoms. The minimum absolute atomic E-state index is 0.0606. The lowest BCUT2D eigenvalue weighted by Gasteiger charge is -2.10. The summed E-state index contributed by atoms with van der Waals surface area (Å²) in [5.74, 6) is -2.09. The normalized spacial score (nSPS) is 11.3. The highest BCUT2D eigenvalue weighted by Gasteiger charge is 2.33. The smallest absolute Gasteiger partial charge is 0.270 e. The Morgan fingerprint density at radius 1 is 1.17 bits per heavy atom. The van der Waals surface area contributed by atoms with Gasteiger partial charge in [0.25, 0.3) is 5.69 Å². The summed E-state index contributed by atoms with van der Waals surface area (Å²) >= 11 is 0.972. The zero-order chi connectivity index (χ0) is 25.0. The summed E-state index contributed by atoms with van der Waals surface area (Å²) in [6, 6.07) is 11.2. The molecular weight excluding hydrogens is 477 g/mol. The summed E-state index contributed by atoms with van der Waals surface area (Å²) in [4.78, 5) is 28.6. The van der Waals surface area contributed by atoms with Crippen molar-refractivity contribution in [3.8, 4) is 28.0 Å². The van der Waals surface area contributed by atoms with Gasteiger partial charge in [-0.15, -0.1) is 0 Å². The summed E-state index contributed by atoms with van der Waals surface area (Å²) in [6.45, 7) is 3.24. The summed E-state index contributed by atoms with van der Waals surface area (Å²) in [7, 11) is 0. The fraction of sp³-hybridized carbons (Fsp3) is 0.0833. The average molecular weight is 493 g/mol. The average Bonchev–Trinajstić information content (AvgIpc) is 3.46. The number of thiazole rings is 1. The van der Waals surface area contributed by atoms with E-state index < -0.39 is 28.2 Å². The molecule has 0 atom stereocenters. The molecule has 0 amide bonds. The molecule has 3 heterocycles. The Morgan fingerprint density at radius 2 is 1.91 bits per heavy atom. The molecule has 0 aliphatic heterocycles. The summed E-state index contributed by atoms with van der Waals surface area (Å²) < 4.78 is 21.9. The minimum Gasteiger partial charge on any atom is -0.503 e. The Labute approximate surface area is 200 Å². The Morgan fingerprint density at radius 3 is 2.57 bits per heavy atom. The predicted molar refractivity (Wildman–Crippen MR) is 126 cm³/mol.